The highest BCUT2D eigenvalue weighted by atomic mass is 16.5. The van der Waals surface area contributed by atoms with Crippen LogP contribution in [-0.4, -0.2) is 61.9 Å². The van der Waals surface area contributed by atoms with Crippen LogP contribution in [0.3, 0.4) is 0 Å². The summed E-state index contributed by atoms with van der Waals surface area (Å²) in [7, 11) is 3.27. The van der Waals surface area contributed by atoms with Gasteiger partial charge in [-0.15, -0.1) is 0 Å². The van der Waals surface area contributed by atoms with Crippen LogP contribution < -0.4 is 9.47 Å². The molecule has 3 rings (SSSR count). The standard InChI is InChI=1S/C19H26N2O4/c1-13-10-21(7-5-16(13)22)19(23)12-20-6-4-14-8-17(24-2)18(25-3)9-15(14)11-20/h8-9,13H,4-7,10-12H2,1-3H3. The number of nitrogens with zero attached hydrogens (tertiary/aromatic N) is 2. The molecule has 6 nitrogen and oxygen atoms in total. The maximum atomic E-state index is 12.6. The molecule has 0 radical (unpaired) electrons. The van der Waals surface area contributed by atoms with Gasteiger partial charge in [-0.3, -0.25) is 14.5 Å². The number of fused-ring (bicyclic) bond motifs is 1. The summed E-state index contributed by atoms with van der Waals surface area (Å²) in [5, 5.41) is 0. The van der Waals surface area contributed by atoms with Crippen molar-refractivity contribution in [2.75, 3.05) is 40.4 Å². The van der Waals surface area contributed by atoms with E-state index in [1.807, 2.05) is 24.0 Å². The molecule has 0 spiro atoms. The lowest BCUT2D eigenvalue weighted by atomic mass is 9.97. The first-order valence-electron chi connectivity index (χ1n) is 8.78. The lowest BCUT2D eigenvalue weighted by molar-refractivity contribution is -0.137. The predicted octanol–water partition coefficient (Wildman–Crippen LogP) is 1.50. The van der Waals surface area contributed by atoms with Crippen LogP contribution in [0.5, 0.6) is 11.5 Å². The summed E-state index contributed by atoms with van der Waals surface area (Å²) in [6.07, 6.45) is 1.37. The Balaban J connectivity index is 1.64. The van der Waals surface area contributed by atoms with E-state index < -0.39 is 0 Å². The Hall–Kier alpha value is -2.08. The fourth-order valence-electron chi connectivity index (χ4n) is 3.61. The number of piperidine rings is 1. The summed E-state index contributed by atoms with van der Waals surface area (Å²) >= 11 is 0. The Morgan fingerprint density at radius 1 is 1.12 bits per heavy atom. The van der Waals surface area contributed by atoms with E-state index in [1.165, 1.54) is 11.1 Å². The van der Waals surface area contributed by atoms with Gasteiger partial charge in [-0.05, 0) is 29.7 Å². The first kappa shape index (κ1) is 17.7. The summed E-state index contributed by atoms with van der Waals surface area (Å²) in [4.78, 5) is 28.2. The quantitative estimate of drug-likeness (QED) is 0.827. The van der Waals surface area contributed by atoms with Crippen LogP contribution in [0, 0.1) is 5.92 Å². The van der Waals surface area contributed by atoms with Gasteiger partial charge >= 0.3 is 0 Å². The Kier molecular flexibility index (Phi) is 5.27. The Morgan fingerprint density at radius 3 is 2.44 bits per heavy atom. The van der Waals surface area contributed by atoms with Gasteiger partial charge in [-0.25, -0.2) is 0 Å². The van der Waals surface area contributed by atoms with Crippen LogP contribution in [0.25, 0.3) is 0 Å². The van der Waals surface area contributed by atoms with E-state index in [2.05, 4.69) is 4.90 Å². The van der Waals surface area contributed by atoms with Gasteiger partial charge in [0, 0.05) is 38.5 Å². The fraction of sp³-hybridized carbons (Fsp3) is 0.579. The molecular formula is C19H26N2O4. The first-order valence-corrected chi connectivity index (χ1v) is 8.78. The number of methoxy groups -OCH3 is 2. The van der Waals surface area contributed by atoms with Gasteiger partial charge in [0.1, 0.15) is 5.78 Å². The Morgan fingerprint density at radius 2 is 1.80 bits per heavy atom. The molecule has 1 atom stereocenters. The van der Waals surface area contributed by atoms with E-state index in [1.54, 1.807) is 14.2 Å². The molecule has 136 valence electrons. The van der Waals surface area contributed by atoms with E-state index in [4.69, 9.17) is 9.47 Å². The van der Waals surface area contributed by atoms with Gasteiger partial charge in [0.05, 0.1) is 20.8 Å². The number of rotatable bonds is 4. The molecule has 1 fully saturated rings. The summed E-state index contributed by atoms with van der Waals surface area (Å²) < 4.78 is 10.7. The zero-order valence-electron chi connectivity index (χ0n) is 15.2. The third-order valence-electron chi connectivity index (χ3n) is 5.18. The number of Topliss-reactive ketones (excluding diaryl/α,β-unsaturated/α-hetero) is 1. The molecule has 2 heterocycles. The minimum atomic E-state index is -0.0449. The van der Waals surface area contributed by atoms with Gasteiger partial charge < -0.3 is 14.4 Å². The molecular weight excluding hydrogens is 320 g/mol. The maximum Gasteiger partial charge on any atom is 0.236 e. The van der Waals surface area contributed by atoms with E-state index >= 15 is 0 Å². The lowest BCUT2D eigenvalue weighted by Gasteiger charge is -2.34. The van der Waals surface area contributed by atoms with Gasteiger partial charge in [0.15, 0.2) is 11.5 Å². The van der Waals surface area contributed by atoms with Crippen LogP contribution >= 0.6 is 0 Å². The van der Waals surface area contributed by atoms with Crippen molar-refractivity contribution in [3.05, 3.63) is 23.3 Å². The van der Waals surface area contributed by atoms with Gasteiger partial charge in [0.25, 0.3) is 0 Å². The molecule has 0 aromatic heterocycles. The number of amides is 1. The van der Waals surface area contributed by atoms with E-state index in [9.17, 15) is 9.59 Å². The number of carbonyl (C=O) groups excluding carboxylic acids is 2. The SMILES string of the molecule is COc1cc2c(cc1OC)CN(CC(=O)N1CCC(=O)C(C)C1)CC2. The minimum Gasteiger partial charge on any atom is -0.493 e. The average Bonchev–Trinajstić information content (AvgIpc) is 2.62. The van der Waals surface area contributed by atoms with Gasteiger partial charge in [-0.2, -0.15) is 0 Å². The largest absolute Gasteiger partial charge is 0.493 e. The molecule has 1 unspecified atom stereocenters. The smallest absolute Gasteiger partial charge is 0.236 e. The van der Waals surface area contributed by atoms with Crippen molar-refractivity contribution < 1.29 is 19.1 Å². The van der Waals surface area contributed by atoms with E-state index in [-0.39, 0.29) is 17.6 Å². The second-order valence-electron chi connectivity index (χ2n) is 6.89. The highest BCUT2D eigenvalue weighted by Gasteiger charge is 2.28. The second-order valence-corrected chi connectivity index (χ2v) is 6.89. The van der Waals surface area contributed by atoms with E-state index in [0.29, 0.717) is 26.1 Å². The zero-order valence-corrected chi connectivity index (χ0v) is 15.2. The van der Waals surface area contributed by atoms with Crippen LogP contribution in [0.1, 0.15) is 24.5 Å². The molecule has 1 aromatic rings. The molecule has 6 heteroatoms. The van der Waals surface area contributed by atoms with Crippen LogP contribution in [0.4, 0.5) is 0 Å². The number of ether oxygens (including phenoxy) is 2. The van der Waals surface area contributed by atoms with Crippen molar-refractivity contribution in [1.82, 2.24) is 9.80 Å². The van der Waals surface area contributed by atoms with Gasteiger partial charge in [0.2, 0.25) is 5.91 Å². The molecule has 25 heavy (non-hydrogen) atoms. The fourth-order valence-corrected chi connectivity index (χ4v) is 3.61. The van der Waals surface area contributed by atoms with Gasteiger partial charge in [-0.1, -0.05) is 6.92 Å². The third kappa shape index (κ3) is 3.79. The van der Waals surface area contributed by atoms with Crippen LogP contribution in [0.2, 0.25) is 0 Å². The van der Waals surface area contributed by atoms with Crippen molar-refractivity contribution in [2.24, 2.45) is 5.92 Å². The third-order valence-corrected chi connectivity index (χ3v) is 5.18. The molecule has 1 saturated heterocycles. The molecule has 0 aliphatic carbocycles. The number of likely N-dealkylation sites (tertiary alicyclic amines) is 1. The monoisotopic (exact) mass is 346 g/mol. The summed E-state index contributed by atoms with van der Waals surface area (Å²) in [6, 6.07) is 4.04. The highest BCUT2D eigenvalue weighted by molar-refractivity contribution is 5.85. The number of carbonyl (C=O) groups is 2. The lowest BCUT2D eigenvalue weighted by Crippen LogP contribution is -2.47. The summed E-state index contributed by atoms with van der Waals surface area (Å²) in [6.45, 7) is 4.97. The summed E-state index contributed by atoms with van der Waals surface area (Å²) in [5.41, 5.74) is 2.43. The molecule has 0 N–H and O–H groups in total. The topological polar surface area (TPSA) is 59.1 Å². The van der Waals surface area contributed by atoms with Crippen LogP contribution in [0.15, 0.2) is 12.1 Å². The molecule has 0 saturated carbocycles. The minimum absolute atomic E-state index is 0.0449. The molecule has 2 aliphatic heterocycles. The predicted molar refractivity (Wildman–Crippen MR) is 93.9 cm³/mol. The van der Waals surface area contributed by atoms with Crippen LogP contribution in [-0.2, 0) is 22.6 Å². The number of hydrogen-bond donors (Lipinski definition) is 0. The van der Waals surface area contributed by atoms with E-state index in [0.717, 1.165) is 31.0 Å². The number of benzene rings is 1. The Bertz CT molecular complexity index is 674. The van der Waals surface area contributed by atoms with Crippen molar-refractivity contribution >= 4 is 11.7 Å². The normalized spacial score (nSPS) is 21.0. The molecule has 0 bridgehead atoms. The van der Waals surface area contributed by atoms with Crippen molar-refractivity contribution in [1.29, 1.82) is 0 Å². The van der Waals surface area contributed by atoms with Crippen molar-refractivity contribution in [3.63, 3.8) is 0 Å². The molecule has 1 amide bonds. The zero-order chi connectivity index (χ0) is 18.0. The molecule has 2 aliphatic rings. The van der Waals surface area contributed by atoms with Crippen molar-refractivity contribution in [2.45, 2.75) is 26.3 Å². The summed E-state index contributed by atoms with van der Waals surface area (Å²) in [5.74, 6) is 1.80. The highest BCUT2D eigenvalue weighted by Crippen LogP contribution is 2.33. The maximum absolute atomic E-state index is 12.6. The molecule has 1 aromatic carbocycles. The number of ketones is 1. The second kappa shape index (κ2) is 7.44. The first-order chi connectivity index (χ1) is 12.0. The Labute approximate surface area is 148 Å². The van der Waals surface area contributed by atoms with Crippen molar-refractivity contribution in [3.8, 4) is 11.5 Å². The number of hydrogen-bond acceptors (Lipinski definition) is 5. The average molecular weight is 346 g/mol.